The van der Waals surface area contributed by atoms with E-state index in [9.17, 15) is 9.90 Å². The maximum Gasteiger partial charge on any atom is 0.335 e. The molecule has 0 bridgehead atoms. The summed E-state index contributed by atoms with van der Waals surface area (Å²) in [5, 5.41) is 26.6. The normalized spacial score (nSPS) is 9.14. The first-order valence-electron chi connectivity index (χ1n) is 3.64. The van der Waals surface area contributed by atoms with Crippen molar-refractivity contribution in [3.05, 3.63) is 23.3 Å². The minimum atomic E-state index is -1.18. The Bertz CT molecular complexity index is 420. The van der Waals surface area contributed by atoms with Crippen molar-refractivity contribution in [2.45, 2.75) is 0 Å². The SMILES string of the molecule is COc1cc(C(=O)O)cc(C#N)c1O. The Hall–Kier alpha value is -2.22. The Kier molecular flexibility index (Phi) is 2.58. The van der Waals surface area contributed by atoms with Crippen LogP contribution in [-0.4, -0.2) is 23.3 Å². The van der Waals surface area contributed by atoms with Gasteiger partial charge in [-0.2, -0.15) is 5.26 Å². The van der Waals surface area contributed by atoms with Crippen LogP contribution in [0, 0.1) is 11.3 Å². The molecule has 0 radical (unpaired) electrons. The summed E-state index contributed by atoms with van der Waals surface area (Å²) in [7, 11) is 1.28. The number of hydrogen-bond donors (Lipinski definition) is 2. The van der Waals surface area contributed by atoms with Crippen LogP contribution in [0.15, 0.2) is 12.1 Å². The van der Waals surface area contributed by atoms with Gasteiger partial charge in [0, 0.05) is 0 Å². The van der Waals surface area contributed by atoms with Gasteiger partial charge in [-0.1, -0.05) is 0 Å². The number of carboxylic acid groups (broad SMARTS) is 1. The molecule has 0 aliphatic carbocycles. The zero-order chi connectivity index (χ0) is 10.7. The molecular formula is C9H7NO4. The molecule has 0 amide bonds. The first-order valence-corrected chi connectivity index (χ1v) is 3.64. The van der Waals surface area contributed by atoms with E-state index >= 15 is 0 Å². The largest absolute Gasteiger partial charge is 0.503 e. The van der Waals surface area contributed by atoms with Gasteiger partial charge in [0.25, 0.3) is 0 Å². The zero-order valence-electron chi connectivity index (χ0n) is 7.31. The standard InChI is InChI=1S/C9H7NO4/c1-14-7-3-5(9(12)13)2-6(4-10)8(7)11/h2-3,11H,1H3,(H,12,13). The summed E-state index contributed by atoms with van der Waals surface area (Å²) >= 11 is 0. The van der Waals surface area contributed by atoms with Gasteiger partial charge in [-0.25, -0.2) is 4.79 Å². The highest BCUT2D eigenvalue weighted by atomic mass is 16.5. The van der Waals surface area contributed by atoms with Crippen molar-refractivity contribution in [3.8, 4) is 17.6 Å². The molecule has 72 valence electrons. The van der Waals surface area contributed by atoms with Gasteiger partial charge >= 0.3 is 5.97 Å². The third-order valence-corrected chi connectivity index (χ3v) is 1.66. The summed E-state index contributed by atoms with van der Waals surface area (Å²) in [6, 6.07) is 3.91. The van der Waals surface area contributed by atoms with Gasteiger partial charge in [0.1, 0.15) is 6.07 Å². The predicted octanol–water partition coefficient (Wildman–Crippen LogP) is 0.971. The van der Waals surface area contributed by atoms with Crippen molar-refractivity contribution in [2.24, 2.45) is 0 Å². The molecule has 1 aromatic carbocycles. The first-order chi connectivity index (χ1) is 6.60. The van der Waals surface area contributed by atoms with Crippen LogP contribution in [0.2, 0.25) is 0 Å². The topological polar surface area (TPSA) is 90.5 Å². The number of phenolic OH excluding ortho intramolecular Hbond substituents is 1. The number of benzene rings is 1. The number of methoxy groups -OCH3 is 1. The van der Waals surface area contributed by atoms with E-state index < -0.39 is 5.97 Å². The maximum absolute atomic E-state index is 10.6. The summed E-state index contributed by atoms with van der Waals surface area (Å²) in [5.41, 5.74) is -0.224. The van der Waals surface area contributed by atoms with Gasteiger partial charge < -0.3 is 14.9 Å². The molecule has 1 rings (SSSR count). The van der Waals surface area contributed by atoms with Gasteiger partial charge in [0.05, 0.1) is 18.2 Å². The van der Waals surface area contributed by atoms with Crippen molar-refractivity contribution in [1.29, 1.82) is 5.26 Å². The maximum atomic E-state index is 10.6. The number of aromatic carboxylic acids is 1. The van der Waals surface area contributed by atoms with Crippen molar-refractivity contribution >= 4 is 5.97 Å². The highest BCUT2D eigenvalue weighted by Crippen LogP contribution is 2.30. The van der Waals surface area contributed by atoms with Gasteiger partial charge in [-0.15, -0.1) is 0 Å². The molecule has 0 saturated heterocycles. The van der Waals surface area contributed by atoms with Crippen molar-refractivity contribution < 1.29 is 19.7 Å². The zero-order valence-corrected chi connectivity index (χ0v) is 7.31. The molecular weight excluding hydrogens is 186 g/mol. The fourth-order valence-corrected chi connectivity index (χ4v) is 0.972. The number of phenols is 1. The lowest BCUT2D eigenvalue weighted by Gasteiger charge is -2.05. The lowest BCUT2D eigenvalue weighted by atomic mass is 10.1. The Morgan fingerprint density at radius 1 is 1.57 bits per heavy atom. The van der Waals surface area contributed by atoms with Crippen molar-refractivity contribution in [1.82, 2.24) is 0 Å². The smallest absolute Gasteiger partial charge is 0.335 e. The van der Waals surface area contributed by atoms with E-state index in [0.717, 1.165) is 12.1 Å². The number of hydrogen-bond acceptors (Lipinski definition) is 4. The summed E-state index contributed by atoms with van der Waals surface area (Å²) in [6.45, 7) is 0. The average molecular weight is 193 g/mol. The lowest BCUT2D eigenvalue weighted by Crippen LogP contribution is -1.98. The van der Waals surface area contributed by atoms with Crippen LogP contribution >= 0.6 is 0 Å². The third-order valence-electron chi connectivity index (χ3n) is 1.66. The monoisotopic (exact) mass is 193 g/mol. The quantitative estimate of drug-likeness (QED) is 0.730. The van der Waals surface area contributed by atoms with E-state index in [1.807, 2.05) is 0 Å². The number of carbonyl (C=O) groups is 1. The number of nitrogens with zero attached hydrogens (tertiary/aromatic N) is 1. The molecule has 0 heterocycles. The summed E-state index contributed by atoms with van der Waals surface area (Å²) in [6.07, 6.45) is 0. The van der Waals surface area contributed by atoms with E-state index in [4.69, 9.17) is 15.1 Å². The molecule has 0 aliphatic rings. The second kappa shape index (κ2) is 3.66. The molecule has 5 nitrogen and oxygen atoms in total. The van der Waals surface area contributed by atoms with Crippen molar-refractivity contribution in [2.75, 3.05) is 7.11 Å². The minimum absolute atomic E-state index is 0.0264. The van der Waals surface area contributed by atoms with E-state index in [0.29, 0.717) is 0 Å². The number of nitriles is 1. The molecule has 1 aromatic rings. The summed E-state index contributed by atoms with van der Waals surface area (Å²) in [5.74, 6) is -1.55. The van der Waals surface area contributed by atoms with E-state index in [1.54, 1.807) is 6.07 Å². The van der Waals surface area contributed by atoms with Crippen LogP contribution in [0.4, 0.5) is 0 Å². The Labute approximate surface area is 79.8 Å². The fourth-order valence-electron chi connectivity index (χ4n) is 0.972. The van der Waals surface area contributed by atoms with Gasteiger partial charge in [0.2, 0.25) is 0 Å². The number of aromatic hydroxyl groups is 1. The average Bonchev–Trinajstić information content (AvgIpc) is 2.17. The second-order valence-electron chi connectivity index (χ2n) is 2.49. The molecule has 0 spiro atoms. The van der Waals surface area contributed by atoms with Crippen molar-refractivity contribution in [3.63, 3.8) is 0 Å². The van der Waals surface area contributed by atoms with Crippen LogP contribution < -0.4 is 4.74 Å². The van der Waals surface area contributed by atoms with Gasteiger partial charge in [-0.05, 0) is 12.1 Å². The number of ether oxygens (including phenoxy) is 1. The van der Waals surface area contributed by atoms with Crippen LogP contribution in [0.3, 0.4) is 0 Å². The highest BCUT2D eigenvalue weighted by molar-refractivity contribution is 5.89. The van der Waals surface area contributed by atoms with Crippen LogP contribution in [0.25, 0.3) is 0 Å². The van der Waals surface area contributed by atoms with Crippen LogP contribution in [-0.2, 0) is 0 Å². The highest BCUT2D eigenvalue weighted by Gasteiger charge is 2.13. The second-order valence-corrected chi connectivity index (χ2v) is 2.49. The van der Waals surface area contributed by atoms with Crippen LogP contribution in [0.1, 0.15) is 15.9 Å². The predicted molar refractivity (Wildman–Crippen MR) is 46.3 cm³/mol. The third kappa shape index (κ3) is 1.59. The van der Waals surface area contributed by atoms with Gasteiger partial charge in [-0.3, -0.25) is 0 Å². The number of carboxylic acids is 1. The first kappa shape index (κ1) is 9.86. The molecule has 0 unspecified atom stereocenters. The van der Waals surface area contributed by atoms with E-state index in [-0.39, 0.29) is 22.6 Å². The Morgan fingerprint density at radius 2 is 2.21 bits per heavy atom. The molecule has 14 heavy (non-hydrogen) atoms. The molecule has 5 heteroatoms. The van der Waals surface area contributed by atoms with E-state index in [1.165, 1.54) is 7.11 Å². The molecule has 0 aromatic heterocycles. The van der Waals surface area contributed by atoms with E-state index in [2.05, 4.69) is 0 Å². The van der Waals surface area contributed by atoms with Crippen LogP contribution in [0.5, 0.6) is 11.5 Å². The Morgan fingerprint density at radius 3 is 2.64 bits per heavy atom. The molecule has 0 aliphatic heterocycles. The summed E-state index contributed by atoms with van der Waals surface area (Å²) in [4.78, 5) is 10.6. The summed E-state index contributed by atoms with van der Waals surface area (Å²) < 4.78 is 4.71. The molecule has 2 N–H and O–H groups in total. The number of rotatable bonds is 2. The van der Waals surface area contributed by atoms with Gasteiger partial charge in [0.15, 0.2) is 11.5 Å². The Balaban J connectivity index is 3.41. The molecule has 0 fully saturated rings. The molecule has 0 saturated carbocycles. The fraction of sp³-hybridized carbons (Fsp3) is 0.111. The molecule has 0 atom stereocenters. The minimum Gasteiger partial charge on any atom is -0.503 e. The lowest BCUT2D eigenvalue weighted by molar-refractivity contribution is 0.0696.